The van der Waals surface area contributed by atoms with Crippen molar-refractivity contribution in [3.63, 3.8) is 0 Å². The second-order valence-corrected chi connectivity index (χ2v) is 7.88. The van der Waals surface area contributed by atoms with Gasteiger partial charge in [-0.1, -0.05) is 24.3 Å². The van der Waals surface area contributed by atoms with Gasteiger partial charge in [-0.2, -0.15) is 4.99 Å². The van der Waals surface area contributed by atoms with Crippen LogP contribution in [-0.4, -0.2) is 35.8 Å². The van der Waals surface area contributed by atoms with Crippen molar-refractivity contribution >= 4 is 18.6 Å². The first-order valence-electron chi connectivity index (χ1n) is 10.3. The molecule has 3 atom stereocenters. The van der Waals surface area contributed by atoms with E-state index >= 15 is 0 Å². The van der Waals surface area contributed by atoms with Crippen LogP contribution in [-0.2, 0) is 11.2 Å². The minimum absolute atomic E-state index is 0.0354. The SMILES string of the molecule is C=N/C(=N\C(N[C@@H]1CCC[C@H](O)C1)=C(/C)C(N)=O)N[C@@H]1CCCc2ccccc21. The molecule has 0 bridgehead atoms. The van der Waals surface area contributed by atoms with Crippen molar-refractivity contribution in [2.45, 2.75) is 70.1 Å². The molecule has 0 aliphatic heterocycles. The Labute approximate surface area is 172 Å². The molecule has 0 aromatic heterocycles. The number of carbonyl (C=O) groups is 1. The van der Waals surface area contributed by atoms with E-state index in [0.29, 0.717) is 23.8 Å². The molecular weight excluding hydrogens is 366 g/mol. The molecule has 1 saturated carbocycles. The van der Waals surface area contributed by atoms with E-state index < -0.39 is 5.91 Å². The average molecular weight is 398 g/mol. The number of rotatable bonds is 5. The van der Waals surface area contributed by atoms with Gasteiger partial charge in [0.05, 0.1) is 17.7 Å². The van der Waals surface area contributed by atoms with Crippen LogP contribution in [0.15, 0.2) is 45.6 Å². The molecule has 29 heavy (non-hydrogen) atoms. The van der Waals surface area contributed by atoms with Crippen molar-refractivity contribution in [1.29, 1.82) is 0 Å². The number of hydrogen-bond donors (Lipinski definition) is 4. The molecule has 1 amide bonds. The maximum atomic E-state index is 11.8. The number of aryl methyl sites for hydroxylation is 1. The molecule has 0 saturated heterocycles. The lowest BCUT2D eigenvalue weighted by Crippen LogP contribution is -2.37. The van der Waals surface area contributed by atoms with E-state index in [-0.39, 0.29) is 18.2 Å². The largest absolute Gasteiger partial charge is 0.393 e. The number of aliphatic hydroxyl groups excluding tert-OH is 1. The summed E-state index contributed by atoms with van der Waals surface area (Å²) in [5, 5.41) is 16.6. The Kier molecular flexibility index (Phi) is 7.04. The predicted molar refractivity (Wildman–Crippen MR) is 116 cm³/mol. The lowest BCUT2D eigenvalue weighted by Gasteiger charge is -2.29. The summed E-state index contributed by atoms with van der Waals surface area (Å²) < 4.78 is 0. The molecule has 3 rings (SSSR count). The maximum absolute atomic E-state index is 11.8. The van der Waals surface area contributed by atoms with Gasteiger partial charge in [0, 0.05) is 6.04 Å². The smallest absolute Gasteiger partial charge is 0.248 e. The Morgan fingerprint density at radius 3 is 2.72 bits per heavy atom. The van der Waals surface area contributed by atoms with Gasteiger partial charge in [0.1, 0.15) is 5.82 Å². The first-order valence-corrected chi connectivity index (χ1v) is 10.3. The van der Waals surface area contributed by atoms with Crippen LogP contribution in [0.1, 0.15) is 62.6 Å². The van der Waals surface area contributed by atoms with E-state index in [1.54, 1.807) is 6.92 Å². The molecule has 1 aromatic carbocycles. The molecule has 0 radical (unpaired) electrons. The van der Waals surface area contributed by atoms with Gasteiger partial charge in [-0.15, -0.1) is 0 Å². The number of nitrogens with two attached hydrogens (primary N) is 1. The highest BCUT2D eigenvalue weighted by atomic mass is 16.3. The van der Waals surface area contributed by atoms with Crippen molar-refractivity contribution in [2.24, 2.45) is 15.7 Å². The van der Waals surface area contributed by atoms with E-state index in [2.05, 4.69) is 45.5 Å². The van der Waals surface area contributed by atoms with Crippen molar-refractivity contribution in [2.75, 3.05) is 0 Å². The van der Waals surface area contributed by atoms with Gasteiger partial charge >= 0.3 is 0 Å². The quantitative estimate of drug-likeness (QED) is 0.347. The topological polar surface area (TPSA) is 112 Å². The molecule has 5 N–H and O–H groups in total. The summed E-state index contributed by atoms with van der Waals surface area (Å²) >= 11 is 0. The molecule has 2 aliphatic carbocycles. The third kappa shape index (κ3) is 5.44. The van der Waals surface area contributed by atoms with E-state index in [0.717, 1.165) is 38.5 Å². The number of aliphatic imine (C=N–C) groups is 2. The number of aliphatic hydroxyl groups is 1. The lowest BCUT2D eigenvalue weighted by molar-refractivity contribution is -0.114. The van der Waals surface area contributed by atoms with Crippen LogP contribution in [0, 0.1) is 0 Å². The fraction of sp³-hybridized carbons (Fsp3) is 0.500. The Balaban J connectivity index is 1.82. The van der Waals surface area contributed by atoms with Gasteiger partial charge in [-0.25, -0.2) is 4.99 Å². The number of nitrogens with zero attached hydrogens (tertiary/aromatic N) is 2. The number of fused-ring (bicyclic) bond motifs is 1. The number of guanidine groups is 1. The fourth-order valence-corrected chi connectivity index (χ4v) is 4.11. The molecule has 2 aliphatic rings. The number of amides is 1. The molecule has 1 aromatic rings. The third-order valence-corrected chi connectivity index (χ3v) is 5.75. The number of nitrogens with one attached hydrogen (secondary N) is 2. The minimum Gasteiger partial charge on any atom is -0.393 e. The Bertz CT molecular complexity index is 817. The van der Waals surface area contributed by atoms with Crippen LogP contribution in [0.4, 0.5) is 0 Å². The summed E-state index contributed by atoms with van der Waals surface area (Å²) in [6.45, 7) is 5.29. The number of benzene rings is 1. The van der Waals surface area contributed by atoms with Crippen molar-refractivity contribution in [3.05, 3.63) is 46.8 Å². The fourth-order valence-electron chi connectivity index (χ4n) is 4.11. The highest BCUT2D eigenvalue weighted by Gasteiger charge is 2.23. The van der Waals surface area contributed by atoms with Gasteiger partial charge in [0.25, 0.3) is 0 Å². The number of carbonyl (C=O) groups excluding carboxylic acids is 1. The normalized spacial score (nSPS) is 25.4. The standard InChI is InChI=1S/C22H31N5O2/c1-14(20(23)29)21(25-16-9-6-10-17(28)13-16)27-22(24-2)26-19-12-5-8-15-7-3-4-11-18(15)19/h3-4,7,11,16-17,19,25,28H,2,5-6,8-10,12-13H2,1H3,(H2,23,29)(H,26,27)/b21-14+/t16-,17+,19-/m1/s1. The van der Waals surface area contributed by atoms with E-state index in [1.807, 2.05) is 6.07 Å². The molecule has 0 heterocycles. The molecule has 7 heteroatoms. The molecule has 0 spiro atoms. The highest BCUT2D eigenvalue weighted by molar-refractivity contribution is 5.93. The zero-order chi connectivity index (χ0) is 20.8. The first kappa shape index (κ1) is 21.0. The van der Waals surface area contributed by atoms with Gasteiger partial charge in [-0.3, -0.25) is 4.79 Å². The van der Waals surface area contributed by atoms with E-state index in [4.69, 9.17) is 5.73 Å². The van der Waals surface area contributed by atoms with Crippen LogP contribution >= 0.6 is 0 Å². The summed E-state index contributed by atoms with van der Waals surface area (Å²) in [4.78, 5) is 20.4. The lowest BCUT2D eigenvalue weighted by atomic mass is 9.88. The third-order valence-electron chi connectivity index (χ3n) is 5.75. The molecule has 7 nitrogen and oxygen atoms in total. The summed E-state index contributed by atoms with van der Waals surface area (Å²) in [7, 11) is 0. The highest BCUT2D eigenvalue weighted by Crippen LogP contribution is 2.29. The van der Waals surface area contributed by atoms with Crippen molar-refractivity contribution < 1.29 is 9.90 Å². The van der Waals surface area contributed by atoms with Crippen molar-refractivity contribution in [1.82, 2.24) is 10.6 Å². The average Bonchev–Trinajstić information content (AvgIpc) is 2.72. The van der Waals surface area contributed by atoms with Gasteiger partial charge < -0.3 is 21.5 Å². The monoisotopic (exact) mass is 397 g/mol. The second kappa shape index (κ2) is 9.69. The summed E-state index contributed by atoms with van der Waals surface area (Å²) in [6.07, 6.45) is 6.04. The van der Waals surface area contributed by atoms with Crippen LogP contribution < -0.4 is 16.4 Å². The molecule has 0 unspecified atom stereocenters. The molecular formula is C22H31N5O2. The summed E-state index contributed by atoms with van der Waals surface area (Å²) in [6, 6.07) is 8.50. The van der Waals surface area contributed by atoms with Gasteiger partial charge in [-0.05, 0) is 69.7 Å². The zero-order valence-electron chi connectivity index (χ0n) is 17.0. The Morgan fingerprint density at radius 1 is 1.21 bits per heavy atom. The Morgan fingerprint density at radius 2 is 2.00 bits per heavy atom. The van der Waals surface area contributed by atoms with Crippen LogP contribution in [0.25, 0.3) is 0 Å². The summed E-state index contributed by atoms with van der Waals surface area (Å²) in [5.41, 5.74) is 8.42. The first-order chi connectivity index (χ1) is 14.0. The van der Waals surface area contributed by atoms with E-state index in [1.165, 1.54) is 11.1 Å². The van der Waals surface area contributed by atoms with Gasteiger partial charge in [0.2, 0.25) is 11.9 Å². The molecule has 1 fully saturated rings. The van der Waals surface area contributed by atoms with Crippen molar-refractivity contribution in [3.8, 4) is 0 Å². The summed E-state index contributed by atoms with van der Waals surface area (Å²) in [5.74, 6) is 0.195. The van der Waals surface area contributed by atoms with Crippen LogP contribution in [0.5, 0.6) is 0 Å². The van der Waals surface area contributed by atoms with Gasteiger partial charge in [0.15, 0.2) is 0 Å². The van der Waals surface area contributed by atoms with E-state index in [9.17, 15) is 9.90 Å². The number of primary amides is 1. The minimum atomic E-state index is -0.543. The maximum Gasteiger partial charge on any atom is 0.248 e. The van der Waals surface area contributed by atoms with Crippen LogP contribution in [0.2, 0.25) is 0 Å². The molecule has 156 valence electrons. The van der Waals surface area contributed by atoms with Crippen LogP contribution in [0.3, 0.4) is 0 Å². The second-order valence-electron chi connectivity index (χ2n) is 7.88. The predicted octanol–water partition coefficient (Wildman–Crippen LogP) is 2.32. The Hall–Kier alpha value is -2.67. The number of hydrogen-bond acceptors (Lipinski definition) is 4. The zero-order valence-corrected chi connectivity index (χ0v) is 17.0.